The van der Waals surface area contributed by atoms with Crippen molar-refractivity contribution in [3.63, 3.8) is 0 Å². The number of carbonyl (C=O) groups is 1. The molecule has 0 saturated heterocycles. The van der Waals surface area contributed by atoms with Gasteiger partial charge in [0.05, 0.1) is 31.8 Å². The number of halogens is 5. The van der Waals surface area contributed by atoms with Crippen LogP contribution in [0.4, 0.5) is 35.2 Å². The fourth-order valence-corrected chi connectivity index (χ4v) is 5.20. The summed E-state index contributed by atoms with van der Waals surface area (Å²) in [6.07, 6.45) is -4.37. The predicted molar refractivity (Wildman–Crippen MR) is 156 cm³/mol. The number of hydrazine groups is 1. The van der Waals surface area contributed by atoms with Crippen LogP contribution in [0, 0.1) is 6.92 Å². The van der Waals surface area contributed by atoms with Crippen molar-refractivity contribution in [1.29, 1.82) is 0 Å². The van der Waals surface area contributed by atoms with Crippen molar-refractivity contribution in [3.8, 4) is 0 Å². The summed E-state index contributed by atoms with van der Waals surface area (Å²) >= 11 is 12.3. The summed E-state index contributed by atoms with van der Waals surface area (Å²) in [5, 5.41) is 6.39. The molecule has 0 unspecified atom stereocenters. The third-order valence-corrected chi connectivity index (χ3v) is 7.74. The third-order valence-electron chi connectivity index (χ3n) is 5.72. The lowest BCUT2D eigenvalue weighted by Gasteiger charge is -2.14. The number of fused-ring (bicyclic) bond motifs is 1. The number of hydrogen-bond acceptors (Lipinski definition) is 7. The molecule has 42 heavy (non-hydrogen) atoms. The zero-order valence-electron chi connectivity index (χ0n) is 21.8. The molecular weight excluding hydrogens is 618 g/mol. The van der Waals surface area contributed by atoms with Crippen LogP contribution in [-0.2, 0) is 16.2 Å². The highest BCUT2D eigenvalue weighted by molar-refractivity contribution is 7.92. The van der Waals surface area contributed by atoms with E-state index in [1.165, 1.54) is 36.4 Å². The largest absolute Gasteiger partial charge is 0.451 e. The van der Waals surface area contributed by atoms with Crippen molar-refractivity contribution in [2.24, 2.45) is 0 Å². The molecule has 2 amide bonds. The third kappa shape index (κ3) is 7.84. The van der Waals surface area contributed by atoms with E-state index in [1.807, 2.05) is 0 Å². The summed E-state index contributed by atoms with van der Waals surface area (Å²) in [5.74, 6) is -1.56. The van der Waals surface area contributed by atoms with Crippen molar-refractivity contribution in [2.75, 3.05) is 28.6 Å². The van der Waals surface area contributed by atoms with Crippen molar-refractivity contribution in [3.05, 3.63) is 82.1 Å². The molecule has 0 fully saturated rings. The second kappa shape index (κ2) is 12.9. The van der Waals surface area contributed by atoms with Gasteiger partial charge in [0.2, 0.25) is 5.82 Å². The monoisotopic (exact) mass is 641 g/mol. The number of hydrogen-bond donors (Lipinski definition) is 5. The van der Waals surface area contributed by atoms with Gasteiger partial charge in [0.15, 0.2) is 5.82 Å². The van der Waals surface area contributed by atoms with E-state index in [4.69, 9.17) is 23.2 Å². The number of nitrogens with one attached hydrogen (secondary N) is 5. The van der Waals surface area contributed by atoms with Crippen molar-refractivity contribution in [1.82, 2.24) is 20.7 Å². The van der Waals surface area contributed by atoms with Crippen LogP contribution in [0.1, 0.15) is 17.8 Å². The fraction of sp³-hybridized carbons (Fsp3) is 0.192. The van der Waals surface area contributed by atoms with Gasteiger partial charge < -0.3 is 10.6 Å². The van der Waals surface area contributed by atoms with Crippen LogP contribution in [0.15, 0.2) is 65.6 Å². The number of alkyl halides is 3. The molecule has 0 aliphatic rings. The van der Waals surface area contributed by atoms with E-state index < -0.39 is 28.1 Å². The van der Waals surface area contributed by atoms with E-state index >= 15 is 0 Å². The molecule has 0 aliphatic heterocycles. The van der Waals surface area contributed by atoms with E-state index in [1.54, 1.807) is 31.2 Å². The minimum Gasteiger partial charge on any atom is -0.384 e. The van der Waals surface area contributed by atoms with Gasteiger partial charge in [-0.15, -0.1) is 0 Å². The van der Waals surface area contributed by atoms with Crippen molar-refractivity contribution >= 4 is 67.4 Å². The number of aromatic nitrogens is 2. The maximum absolute atomic E-state index is 13.2. The van der Waals surface area contributed by atoms with Crippen LogP contribution < -0.4 is 26.2 Å². The Morgan fingerprint density at radius 3 is 2.40 bits per heavy atom. The number of rotatable bonds is 10. The van der Waals surface area contributed by atoms with Crippen LogP contribution >= 0.6 is 23.2 Å². The molecule has 4 rings (SSSR count). The van der Waals surface area contributed by atoms with Crippen LogP contribution in [0.3, 0.4) is 0 Å². The molecule has 4 aromatic rings. The molecule has 0 radical (unpaired) electrons. The average Bonchev–Trinajstić information content (AvgIpc) is 2.93. The van der Waals surface area contributed by atoms with Crippen LogP contribution in [0.25, 0.3) is 10.9 Å². The molecule has 1 heterocycles. The van der Waals surface area contributed by atoms with Gasteiger partial charge in [-0.1, -0.05) is 41.4 Å². The van der Waals surface area contributed by atoms with E-state index in [0.29, 0.717) is 18.7 Å². The van der Waals surface area contributed by atoms with E-state index in [0.717, 1.165) is 5.56 Å². The number of aryl methyl sites for hydroxylation is 1. The Morgan fingerprint density at radius 2 is 1.64 bits per heavy atom. The second-order valence-corrected chi connectivity index (χ2v) is 11.4. The molecular formula is C26H24Cl2F3N7O3S. The predicted octanol–water partition coefficient (Wildman–Crippen LogP) is 6.19. The van der Waals surface area contributed by atoms with E-state index in [9.17, 15) is 26.4 Å². The molecule has 0 spiro atoms. The number of amides is 2. The van der Waals surface area contributed by atoms with Crippen LogP contribution in [-0.4, -0.2) is 37.5 Å². The van der Waals surface area contributed by atoms with Gasteiger partial charge in [-0.3, -0.25) is 15.6 Å². The molecule has 0 bridgehead atoms. The highest BCUT2D eigenvalue weighted by Crippen LogP contribution is 2.31. The summed E-state index contributed by atoms with van der Waals surface area (Å²) in [4.78, 5) is 19.2. The zero-order valence-corrected chi connectivity index (χ0v) is 24.1. The summed E-state index contributed by atoms with van der Waals surface area (Å²) in [6, 6.07) is 14.5. The fourth-order valence-electron chi connectivity index (χ4n) is 3.70. The van der Waals surface area contributed by atoms with Crippen LogP contribution in [0.2, 0.25) is 10.0 Å². The Balaban J connectivity index is 1.29. The molecule has 0 saturated carbocycles. The Morgan fingerprint density at radius 1 is 0.929 bits per heavy atom. The summed E-state index contributed by atoms with van der Waals surface area (Å²) in [5.41, 5.74) is 6.14. The number of sulfonamides is 1. The first-order valence-corrected chi connectivity index (χ1v) is 14.5. The Bertz CT molecular complexity index is 1720. The minimum absolute atomic E-state index is 0.0403. The smallest absolute Gasteiger partial charge is 0.384 e. The number of para-hydroxylation sites is 1. The van der Waals surface area contributed by atoms with Gasteiger partial charge in [-0.05, 0) is 61.4 Å². The Hall–Kier alpha value is -4.01. The Labute approximate surface area is 249 Å². The van der Waals surface area contributed by atoms with Crippen molar-refractivity contribution < 1.29 is 26.4 Å². The molecule has 16 heteroatoms. The lowest BCUT2D eigenvalue weighted by atomic mass is 10.2. The molecule has 5 N–H and O–H groups in total. The topological polar surface area (TPSA) is 137 Å². The average molecular weight is 642 g/mol. The number of urea groups is 1. The summed E-state index contributed by atoms with van der Waals surface area (Å²) < 4.78 is 67.8. The molecule has 0 atom stereocenters. The van der Waals surface area contributed by atoms with E-state index in [2.05, 4.69) is 36.2 Å². The first kappa shape index (κ1) is 30.9. The first-order chi connectivity index (χ1) is 19.8. The summed E-state index contributed by atoms with van der Waals surface area (Å²) in [6.45, 7) is 2.28. The Kier molecular flexibility index (Phi) is 9.49. The molecule has 222 valence electrons. The number of anilines is 3. The quantitative estimate of drug-likeness (QED) is 0.103. The molecule has 3 aromatic carbocycles. The first-order valence-electron chi connectivity index (χ1n) is 12.3. The standard InChI is InChI=1S/C26H24Cl2F3N7O3S/c1-15-7-9-19(28)22(13-15)38-42(40,41)16-8-10-18(27)21(14-16)32-11-4-12-33-25(39)37-36-23-17-5-2-3-6-20(17)34-24(35-23)26(29,30)31/h2-3,5-10,13-14,32,38H,4,11-12H2,1H3,(H2,33,37,39)(H,34,35,36). The normalized spacial score (nSPS) is 11.7. The van der Waals surface area contributed by atoms with Gasteiger partial charge in [0, 0.05) is 18.5 Å². The SMILES string of the molecule is Cc1ccc(Cl)c(NS(=O)(=O)c2ccc(Cl)c(NCCCNC(=O)NNc3nc(C(F)(F)F)nc4ccccc34)c2)c1. The van der Waals surface area contributed by atoms with Gasteiger partial charge in [0.25, 0.3) is 10.0 Å². The number of nitrogens with zero attached hydrogens (tertiary/aromatic N) is 2. The zero-order chi connectivity index (χ0) is 30.5. The summed E-state index contributed by atoms with van der Waals surface area (Å²) in [7, 11) is -3.97. The lowest BCUT2D eigenvalue weighted by Crippen LogP contribution is -2.40. The minimum atomic E-state index is -4.77. The lowest BCUT2D eigenvalue weighted by molar-refractivity contribution is -0.144. The molecule has 1 aromatic heterocycles. The molecule has 10 nitrogen and oxygen atoms in total. The van der Waals surface area contributed by atoms with Crippen molar-refractivity contribution in [2.45, 2.75) is 24.4 Å². The van der Waals surface area contributed by atoms with Crippen LogP contribution in [0.5, 0.6) is 0 Å². The van der Waals surface area contributed by atoms with E-state index in [-0.39, 0.29) is 43.9 Å². The van der Waals surface area contributed by atoms with Gasteiger partial charge in [0.1, 0.15) is 0 Å². The van der Waals surface area contributed by atoms with Gasteiger partial charge >= 0.3 is 12.2 Å². The highest BCUT2D eigenvalue weighted by Gasteiger charge is 2.35. The van der Waals surface area contributed by atoms with Gasteiger partial charge in [-0.25, -0.2) is 23.2 Å². The molecule has 0 aliphatic carbocycles. The number of carbonyl (C=O) groups excluding carboxylic acids is 1. The maximum atomic E-state index is 13.2. The second-order valence-electron chi connectivity index (χ2n) is 8.93. The highest BCUT2D eigenvalue weighted by atomic mass is 35.5. The maximum Gasteiger partial charge on any atom is 0.451 e. The van der Waals surface area contributed by atoms with Gasteiger partial charge in [-0.2, -0.15) is 13.2 Å². The number of benzene rings is 3.